The van der Waals surface area contributed by atoms with Gasteiger partial charge in [-0.05, 0) is 30.5 Å². The van der Waals surface area contributed by atoms with E-state index in [9.17, 15) is 9.50 Å². The molecule has 3 nitrogen and oxygen atoms in total. The monoisotopic (exact) mass is 293 g/mol. The minimum absolute atomic E-state index is 0.143. The minimum Gasteiger partial charge on any atom is -0.391 e. The summed E-state index contributed by atoms with van der Waals surface area (Å²) in [6.07, 6.45) is 4.47. The van der Waals surface area contributed by atoms with Crippen LogP contribution < -0.4 is 0 Å². The summed E-state index contributed by atoms with van der Waals surface area (Å²) in [6.45, 7) is 3.27. The van der Waals surface area contributed by atoms with E-state index in [-0.39, 0.29) is 11.4 Å². The first-order valence-electron chi connectivity index (χ1n) is 7.96. The van der Waals surface area contributed by atoms with E-state index >= 15 is 0 Å². The third-order valence-corrected chi connectivity index (χ3v) is 5.05. The topological polar surface area (TPSA) is 32.7 Å². The van der Waals surface area contributed by atoms with Crippen LogP contribution in [-0.2, 0) is 11.2 Å². The number of hydrogen-bond acceptors (Lipinski definition) is 3. The molecular formula is C17H24FNO2. The van der Waals surface area contributed by atoms with E-state index in [4.69, 9.17) is 4.74 Å². The number of morpholine rings is 1. The van der Waals surface area contributed by atoms with Crippen molar-refractivity contribution < 1.29 is 14.2 Å². The molecule has 1 aromatic rings. The van der Waals surface area contributed by atoms with E-state index < -0.39 is 6.10 Å². The highest BCUT2D eigenvalue weighted by atomic mass is 19.1. The standard InChI is InChI=1S/C17H24FNO2/c18-15-5-3-4-14(12-15)13-16(20)17(6-1-2-7-17)19-8-10-21-11-9-19/h3-5,12,16,20H,1-2,6-11,13H2. The third-order valence-electron chi connectivity index (χ3n) is 5.05. The Morgan fingerprint density at radius 2 is 1.95 bits per heavy atom. The first kappa shape index (κ1) is 14.9. The number of halogens is 1. The smallest absolute Gasteiger partial charge is 0.123 e. The van der Waals surface area contributed by atoms with Crippen LogP contribution in [0.2, 0.25) is 0 Å². The number of hydrogen-bond donors (Lipinski definition) is 1. The van der Waals surface area contributed by atoms with Crippen LogP contribution in [0.1, 0.15) is 31.2 Å². The van der Waals surface area contributed by atoms with E-state index in [0.29, 0.717) is 6.42 Å². The van der Waals surface area contributed by atoms with Crippen molar-refractivity contribution in [2.75, 3.05) is 26.3 Å². The maximum atomic E-state index is 13.3. The van der Waals surface area contributed by atoms with Crippen molar-refractivity contribution in [1.82, 2.24) is 4.90 Å². The van der Waals surface area contributed by atoms with Gasteiger partial charge in [0, 0.05) is 25.0 Å². The summed E-state index contributed by atoms with van der Waals surface area (Å²) in [5.74, 6) is -0.230. The number of nitrogens with zero attached hydrogens (tertiary/aromatic N) is 1. The predicted molar refractivity (Wildman–Crippen MR) is 79.7 cm³/mol. The molecule has 21 heavy (non-hydrogen) atoms. The van der Waals surface area contributed by atoms with E-state index in [0.717, 1.165) is 57.6 Å². The van der Waals surface area contributed by atoms with Gasteiger partial charge in [0.2, 0.25) is 0 Å². The van der Waals surface area contributed by atoms with Crippen LogP contribution in [0.15, 0.2) is 24.3 Å². The second-order valence-corrected chi connectivity index (χ2v) is 6.26. The molecule has 0 bridgehead atoms. The molecule has 1 aliphatic heterocycles. The number of rotatable bonds is 4. The first-order valence-corrected chi connectivity index (χ1v) is 7.96. The van der Waals surface area contributed by atoms with Crippen LogP contribution >= 0.6 is 0 Å². The molecule has 0 radical (unpaired) electrons. The Kier molecular flexibility index (Phi) is 4.57. The zero-order valence-corrected chi connectivity index (χ0v) is 12.4. The highest BCUT2D eigenvalue weighted by Gasteiger charge is 2.45. The molecule has 1 saturated heterocycles. The Hall–Kier alpha value is -0.970. The quantitative estimate of drug-likeness (QED) is 0.925. The first-order chi connectivity index (χ1) is 10.2. The lowest BCUT2D eigenvalue weighted by Gasteiger charge is -2.46. The van der Waals surface area contributed by atoms with Crippen molar-refractivity contribution in [2.24, 2.45) is 0 Å². The predicted octanol–water partition coefficient (Wildman–Crippen LogP) is 2.37. The van der Waals surface area contributed by atoms with E-state index in [1.165, 1.54) is 12.1 Å². The van der Waals surface area contributed by atoms with Crippen LogP contribution in [0, 0.1) is 5.82 Å². The van der Waals surface area contributed by atoms with Gasteiger partial charge in [-0.25, -0.2) is 4.39 Å². The van der Waals surface area contributed by atoms with Gasteiger partial charge in [-0.1, -0.05) is 25.0 Å². The molecule has 116 valence electrons. The largest absolute Gasteiger partial charge is 0.391 e. The van der Waals surface area contributed by atoms with Gasteiger partial charge in [-0.2, -0.15) is 0 Å². The number of aliphatic hydroxyl groups is 1. The van der Waals surface area contributed by atoms with Gasteiger partial charge in [0.15, 0.2) is 0 Å². The summed E-state index contributed by atoms with van der Waals surface area (Å²) < 4.78 is 18.8. The van der Waals surface area contributed by atoms with Crippen molar-refractivity contribution in [1.29, 1.82) is 0 Å². The van der Waals surface area contributed by atoms with Gasteiger partial charge in [-0.15, -0.1) is 0 Å². The van der Waals surface area contributed by atoms with Gasteiger partial charge < -0.3 is 9.84 Å². The van der Waals surface area contributed by atoms with Crippen LogP contribution in [0.25, 0.3) is 0 Å². The maximum absolute atomic E-state index is 13.3. The SMILES string of the molecule is OC(Cc1cccc(F)c1)C1(N2CCOCC2)CCCC1. The molecule has 0 amide bonds. The zero-order valence-electron chi connectivity index (χ0n) is 12.4. The average Bonchev–Trinajstić information content (AvgIpc) is 2.99. The van der Waals surface area contributed by atoms with E-state index in [1.54, 1.807) is 6.07 Å². The number of ether oxygens (including phenoxy) is 1. The summed E-state index contributed by atoms with van der Waals surface area (Å²) >= 11 is 0. The zero-order chi connectivity index (χ0) is 14.7. The Morgan fingerprint density at radius 3 is 2.62 bits per heavy atom. The van der Waals surface area contributed by atoms with Crippen molar-refractivity contribution in [3.8, 4) is 0 Å². The summed E-state index contributed by atoms with van der Waals surface area (Å²) in [7, 11) is 0. The Morgan fingerprint density at radius 1 is 1.24 bits per heavy atom. The molecule has 2 fully saturated rings. The highest BCUT2D eigenvalue weighted by molar-refractivity contribution is 5.19. The molecule has 0 spiro atoms. The van der Waals surface area contributed by atoms with Gasteiger partial charge in [0.1, 0.15) is 5.82 Å². The summed E-state index contributed by atoms with van der Waals surface area (Å²) in [5.41, 5.74) is 0.734. The van der Waals surface area contributed by atoms with Crippen LogP contribution in [-0.4, -0.2) is 48.0 Å². The van der Waals surface area contributed by atoms with Crippen molar-refractivity contribution in [2.45, 2.75) is 43.7 Å². The summed E-state index contributed by atoms with van der Waals surface area (Å²) in [4.78, 5) is 2.41. The molecule has 1 aromatic carbocycles. The maximum Gasteiger partial charge on any atom is 0.123 e. The fourth-order valence-electron chi connectivity index (χ4n) is 3.93. The minimum atomic E-state index is -0.445. The molecule has 1 saturated carbocycles. The van der Waals surface area contributed by atoms with Gasteiger partial charge in [0.25, 0.3) is 0 Å². The molecule has 3 rings (SSSR count). The molecule has 1 atom stereocenters. The van der Waals surface area contributed by atoms with Gasteiger partial charge >= 0.3 is 0 Å². The van der Waals surface area contributed by atoms with Crippen molar-refractivity contribution >= 4 is 0 Å². The molecule has 1 aliphatic carbocycles. The molecular weight excluding hydrogens is 269 g/mol. The lowest BCUT2D eigenvalue weighted by atomic mass is 9.84. The van der Waals surface area contributed by atoms with Crippen LogP contribution in [0.5, 0.6) is 0 Å². The van der Waals surface area contributed by atoms with E-state index in [1.807, 2.05) is 6.07 Å². The van der Waals surface area contributed by atoms with Crippen molar-refractivity contribution in [3.63, 3.8) is 0 Å². The highest BCUT2D eigenvalue weighted by Crippen LogP contribution is 2.39. The van der Waals surface area contributed by atoms with Crippen LogP contribution in [0.3, 0.4) is 0 Å². The van der Waals surface area contributed by atoms with Crippen LogP contribution in [0.4, 0.5) is 4.39 Å². The molecule has 2 aliphatic rings. The Labute approximate surface area is 125 Å². The second kappa shape index (κ2) is 6.42. The fourth-order valence-corrected chi connectivity index (χ4v) is 3.93. The average molecular weight is 293 g/mol. The second-order valence-electron chi connectivity index (χ2n) is 6.26. The van der Waals surface area contributed by atoms with Crippen molar-refractivity contribution in [3.05, 3.63) is 35.6 Å². The lowest BCUT2D eigenvalue weighted by molar-refractivity contribution is -0.0753. The number of aliphatic hydroxyl groups excluding tert-OH is 1. The third kappa shape index (κ3) is 3.12. The van der Waals surface area contributed by atoms with Gasteiger partial charge in [-0.3, -0.25) is 4.90 Å². The normalized spacial score (nSPS) is 24.1. The molecule has 4 heteroatoms. The lowest BCUT2D eigenvalue weighted by Crippen LogP contribution is -2.59. The molecule has 1 N–H and O–H groups in total. The summed E-state index contributed by atoms with van der Waals surface area (Å²) in [6, 6.07) is 6.59. The molecule has 1 unspecified atom stereocenters. The Bertz CT molecular complexity index is 468. The fraction of sp³-hybridized carbons (Fsp3) is 0.647. The van der Waals surface area contributed by atoms with E-state index in [2.05, 4.69) is 4.90 Å². The summed E-state index contributed by atoms with van der Waals surface area (Å²) in [5, 5.41) is 10.9. The molecule has 0 aromatic heterocycles. The molecule has 1 heterocycles. The van der Waals surface area contributed by atoms with Gasteiger partial charge in [0.05, 0.1) is 19.3 Å². The Balaban J connectivity index is 1.76. The number of benzene rings is 1.